The van der Waals surface area contributed by atoms with E-state index in [2.05, 4.69) is 41.2 Å². The van der Waals surface area contributed by atoms with Gasteiger partial charge in [0, 0.05) is 31.0 Å². The maximum absolute atomic E-state index is 5.59. The number of nitrogens with two attached hydrogens (primary N) is 1. The highest BCUT2D eigenvalue weighted by atomic mass is 32.1. The van der Waals surface area contributed by atoms with Gasteiger partial charge in [-0.2, -0.15) is 0 Å². The molecule has 0 bridgehead atoms. The van der Waals surface area contributed by atoms with Gasteiger partial charge < -0.3 is 10.6 Å². The highest BCUT2D eigenvalue weighted by Gasteiger charge is 2.02. The summed E-state index contributed by atoms with van der Waals surface area (Å²) in [5, 5.41) is 0. The summed E-state index contributed by atoms with van der Waals surface area (Å²) in [6.45, 7) is 1.93. The minimum absolute atomic E-state index is 0.447. The van der Waals surface area contributed by atoms with Crippen molar-refractivity contribution in [3.63, 3.8) is 0 Å². The number of pyridine rings is 1. The summed E-state index contributed by atoms with van der Waals surface area (Å²) in [4.78, 5) is 6.78. The van der Waals surface area contributed by atoms with Gasteiger partial charge in [-0.05, 0) is 36.7 Å². The third-order valence-electron chi connectivity index (χ3n) is 3.22. The predicted octanol–water partition coefficient (Wildman–Crippen LogP) is 2.39. The van der Waals surface area contributed by atoms with Crippen molar-refractivity contribution >= 4 is 17.2 Å². The fourth-order valence-electron chi connectivity index (χ4n) is 2.03. The zero-order chi connectivity index (χ0) is 14.4. The second-order valence-electron chi connectivity index (χ2n) is 4.90. The molecule has 0 aliphatic rings. The first-order valence-electron chi connectivity index (χ1n) is 6.61. The van der Waals surface area contributed by atoms with Crippen LogP contribution in [0.3, 0.4) is 0 Å². The predicted molar refractivity (Wildman–Crippen MR) is 86.6 cm³/mol. The minimum Gasteiger partial charge on any atom is -0.389 e. The summed E-state index contributed by atoms with van der Waals surface area (Å²) in [7, 11) is 2.13. The largest absolute Gasteiger partial charge is 0.389 e. The number of nitrogens with zero attached hydrogens (tertiary/aromatic N) is 2. The zero-order valence-electron chi connectivity index (χ0n) is 11.6. The fraction of sp³-hybridized carbons (Fsp3) is 0.250. The molecule has 0 amide bonds. The zero-order valence-corrected chi connectivity index (χ0v) is 12.4. The number of benzene rings is 1. The molecule has 3 nitrogen and oxygen atoms in total. The Kier molecular flexibility index (Phi) is 5.21. The molecule has 0 unspecified atom stereocenters. The van der Waals surface area contributed by atoms with Crippen molar-refractivity contribution in [3.8, 4) is 0 Å². The van der Waals surface area contributed by atoms with Crippen molar-refractivity contribution in [1.29, 1.82) is 0 Å². The van der Waals surface area contributed by atoms with Crippen LogP contribution >= 0.6 is 12.2 Å². The molecular formula is C16H19N3S. The van der Waals surface area contributed by atoms with Crippen LogP contribution in [0.15, 0.2) is 48.8 Å². The van der Waals surface area contributed by atoms with Crippen LogP contribution in [0.4, 0.5) is 0 Å². The molecule has 0 saturated heterocycles. The Balaban J connectivity index is 1.85. The Hall–Kier alpha value is -1.78. The Labute approximate surface area is 125 Å². The van der Waals surface area contributed by atoms with E-state index in [1.54, 1.807) is 0 Å². The number of likely N-dealkylation sites (N-methyl/N-ethyl adjacent to an activating group) is 1. The van der Waals surface area contributed by atoms with Crippen LogP contribution in [0, 0.1) is 0 Å². The first-order valence-corrected chi connectivity index (χ1v) is 7.02. The van der Waals surface area contributed by atoms with Gasteiger partial charge in [0.2, 0.25) is 0 Å². The average Bonchev–Trinajstić information content (AvgIpc) is 2.47. The first-order chi connectivity index (χ1) is 9.65. The van der Waals surface area contributed by atoms with Crippen LogP contribution in [0.5, 0.6) is 0 Å². The van der Waals surface area contributed by atoms with Crippen molar-refractivity contribution < 1.29 is 0 Å². The van der Waals surface area contributed by atoms with E-state index in [0.29, 0.717) is 4.99 Å². The lowest BCUT2D eigenvalue weighted by Crippen LogP contribution is -2.20. The van der Waals surface area contributed by atoms with Gasteiger partial charge in [0.1, 0.15) is 4.99 Å². The molecule has 0 fully saturated rings. The van der Waals surface area contributed by atoms with E-state index in [-0.39, 0.29) is 0 Å². The Morgan fingerprint density at radius 1 is 1.10 bits per heavy atom. The standard InChI is InChI=1S/C16H19N3S/c1-19(11-8-13-6-9-18-10-7-13)12-14-2-4-15(5-3-14)16(17)20/h2-7,9-10H,8,11-12H2,1H3,(H2,17,20). The molecular weight excluding hydrogens is 266 g/mol. The van der Waals surface area contributed by atoms with E-state index >= 15 is 0 Å². The van der Waals surface area contributed by atoms with Crippen molar-refractivity contribution in [2.75, 3.05) is 13.6 Å². The molecule has 0 atom stereocenters. The maximum atomic E-state index is 5.59. The molecule has 4 heteroatoms. The molecule has 2 rings (SSSR count). The SMILES string of the molecule is CN(CCc1ccncc1)Cc1ccc(C(N)=S)cc1. The topological polar surface area (TPSA) is 42.2 Å². The normalized spacial score (nSPS) is 10.7. The minimum atomic E-state index is 0.447. The van der Waals surface area contributed by atoms with Crippen LogP contribution in [0.25, 0.3) is 0 Å². The number of thiocarbonyl (C=S) groups is 1. The molecule has 20 heavy (non-hydrogen) atoms. The van der Waals surface area contributed by atoms with Crippen LogP contribution in [0.2, 0.25) is 0 Å². The van der Waals surface area contributed by atoms with Gasteiger partial charge in [0.05, 0.1) is 0 Å². The summed E-state index contributed by atoms with van der Waals surface area (Å²) in [6, 6.07) is 12.2. The Morgan fingerprint density at radius 2 is 1.75 bits per heavy atom. The van der Waals surface area contributed by atoms with Gasteiger partial charge in [-0.1, -0.05) is 36.5 Å². The van der Waals surface area contributed by atoms with Crippen molar-refractivity contribution in [2.24, 2.45) is 5.73 Å². The molecule has 1 aromatic heterocycles. The average molecular weight is 285 g/mol. The van der Waals surface area contributed by atoms with E-state index in [0.717, 1.165) is 25.1 Å². The molecule has 1 aromatic carbocycles. The smallest absolute Gasteiger partial charge is 0.103 e. The van der Waals surface area contributed by atoms with E-state index in [1.807, 2.05) is 24.5 Å². The van der Waals surface area contributed by atoms with Crippen molar-refractivity contribution in [1.82, 2.24) is 9.88 Å². The van der Waals surface area contributed by atoms with E-state index < -0.39 is 0 Å². The van der Waals surface area contributed by atoms with Gasteiger partial charge >= 0.3 is 0 Å². The quantitative estimate of drug-likeness (QED) is 0.828. The molecule has 0 aliphatic carbocycles. The van der Waals surface area contributed by atoms with Gasteiger partial charge in [0.15, 0.2) is 0 Å². The summed E-state index contributed by atoms with van der Waals surface area (Å²) in [6.07, 6.45) is 4.71. The van der Waals surface area contributed by atoms with Crippen molar-refractivity contribution in [2.45, 2.75) is 13.0 Å². The summed E-state index contributed by atoms with van der Waals surface area (Å²) < 4.78 is 0. The number of hydrogen-bond donors (Lipinski definition) is 1. The second-order valence-corrected chi connectivity index (χ2v) is 5.34. The molecule has 2 aromatic rings. The van der Waals surface area contributed by atoms with E-state index in [1.165, 1.54) is 11.1 Å². The van der Waals surface area contributed by atoms with Crippen LogP contribution < -0.4 is 5.73 Å². The third kappa shape index (κ3) is 4.40. The number of hydrogen-bond acceptors (Lipinski definition) is 3. The Morgan fingerprint density at radius 3 is 2.35 bits per heavy atom. The highest BCUT2D eigenvalue weighted by Crippen LogP contribution is 2.08. The molecule has 2 N–H and O–H groups in total. The molecule has 0 spiro atoms. The second kappa shape index (κ2) is 7.12. The van der Waals surface area contributed by atoms with Crippen LogP contribution in [-0.2, 0) is 13.0 Å². The van der Waals surface area contributed by atoms with Gasteiger partial charge in [-0.15, -0.1) is 0 Å². The third-order valence-corrected chi connectivity index (χ3v) is 3.46. The molecule has 0 aliphatic heterocycles. The van der Waals surface area contributed by atoms with Crippen LogP contribution in [0.1, 0.15) is 16.7 Å². The Bertz CT molecular complexity index is 552. The lowest BCUT2D eigenvalue weighted by atomic mass is 10.1. The van der Waals surface area contributed by atoms with Crippen LogP contribution in [-0.4, -0.2) is 28.5 Å². The monoisotopic (exact) mass is 285 g/mol. The maximum Gasteiger partial charge on any atom is 0.103 e. The number of rotatable bonds is 6. The van der Waals surface area contributed by atoms with Gasteiger partial charge in [0.25, 0.3) is 0 Å². The molecule has 104 valence electrons. The molecule has 1 heterocycles. The highest BCUT2D eigenvalue weighted by molar-refractivity contribution is 7.80. The lowest BCUT2D eigenvalue weighted by Gasteiger charge is -2.16. The fourth-order valence-corrected chi connectivity index (χ4v) is 2.17. The van der Waals surface area contributed by atoms with Crippen molar-refractivity contribution in [3.05, 3.63) is 65.5 Å². The first kappa shape index (κ1) is 14.6. The van der Waals surface area contributed by atoms with E-state index in [4.69, 9.17) is 18.0 Å². The number of aromatic nitrogens is 1. The lowest BCUT2D eigenvalue weighted by molar-refractivity contribution is 0.331. The summed E-state index contributed by atoms with van der Waals surface area (Å²) in [5.74, 6) is 0. The molecule has 0 saturated carbocycles. The summed E-state index contributed by atoms with van der Waals surface area (Å²) in [5.41, 5.74) is 9.09. The summed E-state index contributed by atoms with van der Waals surface area (Å²) >= 11 is 4.95. The van der Waals surface area contributed by atoms with Gasteiger partial charge in [-0.3, -0.25) is 4.98 Å². The van der Waals surface area contributed by atoms with Gasteiger partial charge in [-0.25, -0.2) is 0 Å². The molecule has 0 radical (unpaired) electrons. The van der Waals surface area contributed by atoms with E-state index in [9.17, 15) is 0 Å².